The summed E-state index contributed by atoms with van der Waals surface area (Å²) in [6.07, 6.45) is 0. The summed E-state index contributed by atoms with van der Waals surface area (Å²) < 4.78 is 0. The molecule has 0 radical (unpaired) electrons. The highest BCUT2D eigenvalue weighted by molar-refractivity contribution is 6.09. The lowest BCUT2D eigenvalue weighted by atomic mass is 9.96. The van der Waals surface area contributed by atoms with Crippen molar-refractivity contribution in [1.82, 2.24) is 0 Å². The van der Waals surface area contributed by atoms with Gasteiger partial charge in [0.2, 0.25) is 0 Å². The molecule has 3 aromatic rings. The fraction of sp³-hybridized carbons (Fsp3) is 0.0500. The van der Waals surface area contributed by atoms with Gasteiger partial charge in [0.1, 0.15) is 0 Å². The van der Waals surface area contributed by atoms with Gasteiger partial charge in [-0.15, -0.1) is 0 Å². The van der Waals surface area contributed by atoms with Crippen LogP contribution in [0.25, 0.3) is 11.1 Å². The average Bonchev–Trinajstić information content (AvgIpc) is 2.55. The highest BCUT2D eigenvalue weighted by Gasteiger charge is 2.10. The second-order valence-corrected chi connectivity index (χ2v) is 5.15. The van der Waals surface area contributed by atoms with Crippen LogP contribution in [0.2, 0.25) is 0 Å². The van der Waals surface area contributed by atoms with Gasteiger partial charge in [0.15, 0.2) is 5.78 Å². The van der Waals surface area contributed by atoms with Gasteiger partial charge in [-0.05, 0) is 35.7 Å². The summed E-state index contributed by atoms with van der Waals surface area (Å²) in [5.41, 5.74) is 4.76. The summed E-state index contributed by atoms with van der Waals surface area (Å²) in [5, 5.41) is 0. The Morgan fingerprint density at radius 1 is 0.667 bits per heavy atom. The van der Waals surface area contributed by atoms with E-state index in [1.54, 1.807) is 0 Å². The minimum atomic E-state index is 0.0662. The SMILES string of the molecule is Cc1cc(C(=O)c2ccccc2)cc(-c2ccccc2)c1. The molecule has 0 heterocycles. The first-order valence-electron chi connectivity index (χ1n) is 7.01. The van der Waals surface area contributed by atoms with Gasteiger partial charge < -0.3 is 0 Å². The summed E-state index contributed by atoms with van der Waals surface area (Å²) in [5.74, 6) is 0.0662. The van der Waals surface area contributed by atoms with Crippen molar-refractivity contribution >= 4 is 5.78 Å². The molecule has 0 amide bonds. The molecule has 21 heavy (non-hydrogen) atoms. The van der Waals surface area contributed by atoms with Gasteiger partial charge >= 0.3 is 0 Å². The van der Waals surface area contributed by atoms with E-state index in [9.17, 15) is 4.79 Å². The quantitative estimate of drug-likeness (QED) is 0.620. The number of benzene rings is 3. The Bertz CT molecular complexity index is 758. The summed E-state index contributed by atoms with van der Waals surface area (Å²) in [4.78, 5) is 12.6. The first-order valence-corrected chi connectivity index (χ1v) is 7.01. The third-order valence-electron chi connectivity index (χ3n) is 3.48. The van der Waals surface area contributed by atoms with Gasteiger partial charge in [0.25, 0.3) is 0 Å². The molecule has 0 bridgehead atoms. The van der Waals surface area contributed by atoms with Gasteiger partial charge in [-0.1, -0.05) is 66.7 Å². The van der Waals surface area contributed by atoms with Crippen molar-refractivity contribution in [3.05, 3.63) is 95.6 Å². The van der Waals surface area contributed by atoms with Crippen molar-refractivity contribution in [2.45, 2.75) is 6.92 Å². The molecule has 1 heteroatoms. The molecule has 3 aromatic carbocycles. The van der Waals surface area contributed by atoms with Crippen LogP contribution in [-0.4, -0.2) is 5.78 Å². The zero-order valence-corrected chi connectivity index (χ0v) is 11.9. The predicted octanol–water partition coefficient (Wildman–Crippen LogP) is 4.89. The molecular formula is C20H16O. The van der Waals surface area contributed by atoms with E-state index in [0.29, 0.717) is 0 Å². The second-order valence-electron chi connectivity index (χ2n) is 5.15. The molecule has 0 fully saturated rings. The molecule has 0 aliphatic rings. The van der Waals surface area contributed by atoms with Gasteiger partial charge in [0.05, 0.1) is 0 Å². The Kier molecular flexibility index (Phi) is 3.65. The lowest BCUT2D eigenvalue weighted by Gasteiger charge is -2.07. The van der Waals surface area contributed by atoms with Crippen LogP contribution in [0.15, 0.2) is 78.9 Å². The molecule has 1 nitrogen and oxygen atoms in total. The maximum Gasteiger partial charge on any atom is 0.193 e. The predicted molar refractivity (Wildman–Crippen MR) is 86.5 cm³/mol. The van der Waals surface area contributed by atoms with Gasteiger partial charge in [-0.2, -0.15) is 0 Å². The Hall–Kier alpha value is -2.67. The van der Waals surface area contributed by atoms with Crippen LogP contribution in [0, 0.1) is 6.92 Å². The van der Waals surface area contributed by atoms with Gasteiger partial charge in [-0.3, -0.25) is 4.79 Å². The lowest BCUT2D eigenvalue weighted by Crippen LogP contribution is -2.01. The summed E-state index contributed by atoms with van der Waals surface area (Å²) in [6, 6.07) is 25.6. The fourth-order valence-electron chi connectivity index (χ4n) is 2.47. The highest BCUT2D eigenvalue weighted by Crippen LogP contribution is 2.23. The van der Waals surface area contributed by atoms with E-state index in [0.717, 1.165) is 27.8 Å². The fourth-order valence-corrected chi connectivity index (χ4v) is 2.47. The van der Waals surface area contributed by atoms with Gasteiger partial charge in [0, 0.05) is 11.1 Å². The molecule has 0 aromatic heterocycles. The summed E-state index contributed by atoms with van der Waals surface area (Å²) >= 11 is 0. The Morgan fingerprint density at radius 3 is 1.95 bits per heavy atom. The summed E-state index contributed by atoms with van der Waals surface area (Å²) in [6.45, 7) is 2.02. The lowest BCUT2D eigenvalue weighted by molar-refractivity contribution is 0.103. The molecule has 0 unspecified atom stereocenters. The molecule has 3 rings (SSSR count). The first-order chi connectivity index (χ1) is 10.2. The van der Waals surface area contributed by atoms with Crippen LogP contribution in [0.4, 0.5) is 0 Å². The topological polar surface area (TPSA) is 17.1 Å². The Balaban J connectivity index is 2.05. The van der Waals surface area contributed by atoms with Crippen molar-refractivity contribution in [3.63, 3.8) is 0 Å². The molecule has 0 spiro atoms. The first kappa shape index (κ1) is 13.3. The van der Waals surface area contributed by atoms with Crippen LogP contribution in [0.3, 0.4) is 0 Å². The molecule has 0 aliphatic heterocycles. The molecule has 0 aliphatic carbocycles. The normalized spacial score (nSPS) is 10.3. The molecular weight excluding hydrogens is 256 g/mol. The van der Waals surface area contributed by atoms with E-state index in [1.165, 1.54) is 0 Å². The van der Waals surface area contributed by atoms with Crippen LogP contribution in [0.5, 0.6) is 0 Å². The number of rotatable bonds is 3. The molecule has 0 atom stereocenters. The smallest absolute Gasteiger partial charge is 0.193 e. The number of ketones is 1. The maximum absolute atomic E-state index is 12.6. The van der Waals surface area contributed by atoms with E-state index in [4.69, 9.17) is 0 Å². The summed E-state index contributed by atoms with van der Waals surface area (Å²) in [7, 11) is 0. The van der Waals surface area contributed by atoms with Crippen LogP contribution >= 0.6 is 0 Å². The van der Waals surface area contributed by atoms with E-state index >= 15 is 0 Å². The van der Waals surface area contributed by atoms with E-state index in [-0.39, 0.29) is 5.78 Å². The Morgan fingerprint density at radius 2 is 1.29 bits per heavy atom. The van der Waals surface area contributed by atoms with E-state index in [1.807, 2.05) is 67.6 Å². The molecule has 0 N–H and O–H groups in total. The number of aryl methyl sites for hydroxylation is 1. The second kappa shape index (κ2) is 5.76. The average molecular weight is 272 g/mol. The van der Waals surface area contributed by atoms with Crippen LogP contribution in [0.1, 0.15) is 21.5 Å². The minimum Gasteiger partial charge on any atom is -0.289 e. The highest BCUT2D eigenvalue weighted by atomic mass is 16.1. The van der Waals surface area contributed by atoms with Crippen LogP contribution in [-0.2, 0) is 0 Å². The standard InChI is InChI=1S/C20H16O/c1-15-12-18(16-8-4-2-5-9-16)14-19(13-15)20(21)17-10-6-3-7-11-17/h2-14H,1H3. The third-order valence-corrected chi connectivity index (χ3v) is 3.48. The zero-order chi connectivity index (χ0) is 14.7. The monoisotopic (exact) mass is 272 g/mol. The number of hydrogen-bond donors (Lipinski definition) is 0. The van der Waals surface area contributed by atoms with Crippen molar-refractivity contribution in [3.8, 4) is 11.1 Å². The van der Waals surface area contributed by atoms with Gasteiger partial charge in [-0.25, -0.2) is 0 Å². The maximum atomic E-state index is 12.6. The van der Waals surface area contributed by atoms with Crippen molar-refractivity contribution < 1.29 is 4.79 Å². The minimum absolute atomic E-state index is 0.0662. The Labute approximate surface area is 124 Å². The number of hydrogen-bond acceptors (Lipinski definition) is 1. The van der Waals surface area contributed by atoms with Crippen molar-refractivity contribution in [2.75, 3.05) is 0 Å². The number of carbonyl (C=O) groups excluding carboxylic acids is 1. The molecule has 102 valence electrons. The number of carbonyl (C=O) groups is 1. The van der Waals surface area contributed by atoms with E-state index in [2.05, 4.69) is 18.2 Å². The molecule has 0 saturated carbocycles. The van der Waals surface area contributed by atoms with Crippen LogP contribution < -0.4 is 0 Å². The zero-order valence-electron chi connectivity index (χ0n) is 11.9. The molecule has 0 saturated heterocycles. The van der Waals surface area contributed by atoms with Crippen molar-refractivity contribution in [1.29, 1.82) is 0 Å². The van der Waals surface area contributed by atoms with E-state index < -0.39 is 0 Å². The third kappa shape index (κ3) is 2.92. The largest absolute Gasteiger partial charge is 0.289 e. The van der Waals surface area contributed by atoms with Crippen molar-refractivity contribution in [2.24, 2.45) is 0 Å².